The average Bonchev–Trinajstić information content (AvgIpc) is 3.51. The molecule has 2 fully saturated rings. The van der Waals surface area contributed by atoms with Gasteiger partial charge in [-0.15, -0.1) is 23.5 Å². The minimum absolute atomic E-state index is 0.0437. The third-order valence-corrected chi connectivity index (χ3v) is 11.9. The standard InChI is InChI=1S/C32H20OS3/c33-29-31(19-11-3-1-4-12-19)25-23-17-9-7-15-21(23)22-16-8-10-18-24(22)26(25)32(29,20-13-5-2-6-14-20)28-27(31)35-30(34)36-28/h1-18,27-28H/t27?,28?,31-,32+. The molecule has 2 aliphatic carbocycles. The molecule has 5 aromatic carbocycles. The van der Waals surface area contributed by atoms with Crippen molar-refractivity contribution in [1.82, 2.24) is 0 Å². The van der Waals surface area contributed by atoms with Gasteiger partial charge in [0.15, 0.2) is 5.78 Å². The number of hydrogen-bond donors (Lipinski definition) is 0. The maximum Gasteiger partial charge on any atom is 0.165 e. The Kier molecular flexibility index (Phi) is 4.31. The van der Waals surface area contributed by atoms with E-state index in [0.717, 1.165) is 14.7 Å². The van der Waals surface area contributed by atoms with Gasteiger partial charge in [-0.2, -0.15) is 0 Å². The summed E-state index contributed by atoms with van der Waals surface area (Å²) in [5, 5.41) is 4.87. The Balaban J connectivity index is 1.67. The van der Waals surface area contributed by atoms with Gasteiger partial charge in [0.2, 0.25) is 0 Å². The lowest BCUT2D eigenvalue weighted by Crippen LogP contribution is -2.43. The molecule has 3 aliphatic rings. The van der Waals surface area contributed by atoms with Crippen LogP contribution in [0.15, 0.2) is 109 Å². The van der Waals surface area contributed by atoms with Gasteiger partial charge in [0.25, 0.3) is 0 Å². The number of ketones is 1. The quantitative estimate of drug-likeness (QED) is 0.177. The first-order chi connectivity index (χ1) is 17.7. The largest absolute Gasteiger partial charge is 0.297 e. The van der Waals surface area contributed by atoms with E-state index in [-0.39, 0.29) is 10.5 Å². The summed E-state index contributed by atoms with van der Waals surface area (Å²) in [6, 6.07) is 38.3. The van der Waals surface area contributed by atoms with Crippen molar-refractivity contribution in [2.75, 3.05) is 0 Å². The summed E-state index contributed by atoms with van der Waals surface area (Å²) in [6.45, 7) is 0. The molecule has 0 N–H and O–H groups in total. The van der Waals surface area contributed by atoms with Crippen LogP contribution in [-0.2, 0) is 15.6 Å². The highest BCUT2D eigenvalue weighted by Gasteiger charge is 2.78. The van der Waals surface area contributed by atoms with Crippen molar-refractivity contribution in [3.05, 3.63) is 131 Å². The van der Waals surface area contributed by atoms with Gasteiger partial charge in [-0.3, -0.25) is 4.79 Å². The van der Waals surface area contributed by atoms with Gasteiger partial charge < -0.3 is 0 Å². The molecule has 0 spiro atoms. The Hall–Kier alpha value is -2.92. The van der Waals surface area contributed by atoms with Crippen LogP contribution in [0.5, 0.6) is 0 Å². The lowest BCUT2D eigenvalue weighted by molar-refractivity contribution is -0.123. The van der Waals surface area contributed by atoms with Crippen LogP contribution in [-0.4, -0.2) is 19.8 Å². The van der Waals surface area contributed by atoms with Crippen molar-refractivity contribution in [2.45, 2.75) is 21.3 Å². The minimum atomic E-state index is -0.765. The fraction of sp³-hybridized carbons (Fsp3) is 0.125. The normalized spacial score (nSPS) is 28.1. The Morgan fingerprint density at radius 1 is 0.528 bits per heavy atom. The molecule has 0 aromatic heterocycles. The first-order valence-corrected chi connectivity index (χ1v) is 14.3. The van der Waals surface area contributed by atoms with Crippen LogP contribution in [0, 0.1) is 0 Å². The predicted octanol–water partition coefficient (Wildman–Crippen LogP) is 7.66. The number of fused-ring (bicyclic) bond motifs is 13. The number of benzene rings is 5. The topological polar surface area (TPSA) is 17.1 Å². The molecule has 172 valence electrons. The zero-order valence-corrected chi connectivity index (χ0v) is 21.6. The molecule has 36 heavy (non-hydrogen) atoms. The molecule has 4 heteroatoms. The Morgan fingerprint density at radius 2 is 0.889 bits per heavy atom. The first-order valence-electron chi connectivity index (χ1n) is 12.2. The summed E-state index contributed by atoms with van der Waals surface area (Å²) >= 11 is 9.34. The average molecular weight is 517 g/mol. The van der Waals surface area contributed by atoms with Crippen molar-refractivity contribution in [1.29, 1.82) is 0 Å². The predicted molar refractivity (Wildman–Crippen MR) is 156 cm³/mol. The van der Waals surface area contributed by atoms with E-state index in [4.69, 9.17) is 12.2 Å². The van der Waals surface area contributed by atoms with Crippen molar-refractivity contribution >= 4 is 66.6 Å². The molecule has 0 amide bonds. The van der Waals surface area contributed by atoms with E-state index in [9.17, 15) is 0 Å². The first kappa shape index (κ1) is 21.2. The molecule has 2 unspecified atom stereocenters. The third-order valence-electron chi connectivity index (χ3n) is 8.47. The van der Waals surface area contributed by atoms with Crippen LogP contribution in [0.4, 0.5) is 0 Å². The molecule has 4 atom stereocenters. The van der Waals surface area contributed by atoms with E-state index >= 15 is 4.79 Å². The van der Waals surface area contributed by atoms with Gasteiger partial charge in [0.1, 0.15) is 3.53 Å². The Morgan fingerprint density at radius 3 is 1.31 bits per heavy atom. The summed E-state index contributed by atoms with van der Waals surface area (Å²) in [6.07, 6.45) is 0. The number of hydrogen-bond acceptors (Lipinski definition) is 4. The van der Waals surface area contributed by atoms with E-state index in [1.807, 2.05) is 12.1 Å². The Labute approximate surface area is 223 Å². The number of thioether (sulfide) groups is 2. The lowest BCUT2D eigenvalue weighted by Gasteiger charge is -2.39. The van der Waals surface area contributed by atoms with Gasteiger partial charge >= 0.3 is 0 Å². The molecule has 0 radical (unpaired) electrons. The SMILES string of the molecule is O=C1[C@]2(c3ccccc3)c3c(c4ccccc4c4ccccc34)[C@@]1(c1ccccc1)C1SC(=S)SC12. The van der Waals surface area contributed by atoms with Crippen molar-refractivity contribution in [3.63, 3.8) is 0 Å². The second-order valence-corrected chi connectivity index (χ2v) is 13.3. The highest BCUT2D eigenvalue weighted by atomic mass is 32.2. The molecule has 2 bridgehead atoms. The second kappa shape index (κ2) is 7.32. The molecule has 1 saturated carbocycles. The molecular formula is C32H20OS3. The summed E-state index contributed by atoms with van der Waals surface area (Å²) in [5.74, 6) is 0.307. The van der Waals surface area contributed by atoms with Crippen LogP contribution in [0.3, 0.4) is 0 Å². The molecule has 1 saturated heterocycles. The van der Waals surface area contributed by atoms with Crippen LogP contribution in [0.2, 0.25) is 0 Å². The van der Waals surface area contributed by atoms with Gasteiger partial charge in [-0.1, -0.05) is 121 Å². The maximum atomic E-state index is 15.4. The third kappa shape index (κ3) is 2.28. The lowest BCUT2D eigenvalue weighted by atomic mass is 9.68. The number of Topliss-reactive ketones (excluding diaryl/α,β-unsaturated/α-hetero) is 1. The summed E-state index contributed by atoms with van der Waals surface area (Å²) in [5.41, 5.74) is 3.02. The fourth-order valence-electron chi connectivity index (χ4n) is 7.31. The minimum Gasteiger partial charge on any atom is -0.297 e. The molecule has 1 aliphatic heterocycles. The van der Waals surface area contributed by atoms with E-state index < -0.39 is 10.8 Å². The number of thiocarbonyl (C=S) groups is 1. The highest BCUT2D eigenvalue weighted by molar-refractivity contribution is 8.50. The van der Waals surface area contributed by atoms with E-state index in [1.54, 1.807) is 23.5 Å². The van der Waals surface area contributed by atoms with Gasteiger partial charge in [-0.05, 0) is 43.8 Å². The van der Waals surface area contributed by atoms with E-state index in [1.165, 1.54) is 32.7 Å². The molecule has 5 aromatic rings. The molecule has 1 nitrogen and oxygen atoms in total. The van der Waals surface area contributed by atoms with Gasteiger partial charge in [-0.25, -0.2) is 0 Å². The van der Waals surface area contributed by atoms with Crippen LogP contribution >= 0.6 is 35.7 Å². The number of carbonyl (C=O) groups excluding carboxylic acids is 1. The number of carbonyl (C=O) groups is 1. The summed E-state index contributed by atoms with van der Waals surface area (Å²) in [4.78, 5) is 15.4. The van der Waals surface area contributed by atoms with Crippen molar-refractivity contribution < 1.29 is 4.79 Å². The van der Waals surface area contributed by atoms with Crippen molar-refractivity contribution in [3.8, 4) is 0 Å². The zero-order valence-electron chi connectivity index (χ0n) is 19.2. The molecule has 1 heterocycles. The molecule has 8 rings (SSSR count). The van der Waals surface area contributed by atoms with E-state index in [2.05, 4.69) is 97.1 Å². The summed E-state index contributed by atoms with van der Waals surface area (Å²) < 4.78 is 0.944. The van der Waals surface area contributed by atoms with Crippen LogP contribution in [0.25, 0.3) is 21.5 Å². The highest BCUT2D eigenvalue weighted by Crippen LogP contribution is 2.73. The second-order valence-electron chi connectivity index (χ2n) is 9.85. The van der Waals surface area contributed by atoms with Crippen LogP contribution in [0.1, 0.15) is 22.3 Å². The van der Waals surface area contributed by atoms with Gasteiger partial charge in [0.05, 0.1) is 10.8 Å². The maximum absolute atomic E-state index is 15.4. The number of rotatable bonds is 2. The van der Waals surface area contributed by atoms with E-state index in [0.29, 0.717) is 5.78 Å². The monoisotopic (exact) mass is 516 g/mol. The fourth-order valence-corrected chi connectivity index (χ4v) is 11.3. The van der Waals surface area contributed by atoms with Crippen LogP contribution < -0.4 is 0 Å². The van der Waals surface area contributed by atoms with Gasteiger partial charge in [0, 0.05) is 10.5 Å². The molecular weight excluding hydrogens is 497 g/mol. The summed E-state index contributed by atoms with van der Waals surface area (Å²) in [7, 11) is 0. The smallest absolute Gasteiger partial charge is 0.165 e. The van der Waals surface area contributed by atoms with Crippen molar-refractivity contribution in [2.24, 2.45) is 0 Å². The Bertz CT molecular complexity index is 1620. The zero-order chi connectivity index (χ0) is 24.1.